The van der Waals surface area contributed by atoms with Gasteiger partial charge in [0.1, 0.15) is 24.1 Å². The minimum Gasteiger partial charge on any atom is -0.480 e. The molecule has 0 aromatic carbocycles. The molecule has 3 rings (SSSR count). The van der Waals surface area contributed by atoms with Crippen molar-refractivity contribution in [3.63, 3.8) is 0 Å². The molecule has 11 nitrogen and oxygen atoms in total. The molecule has 142 valence electrons. The van der Waals surface area contributed by atoms with Crippen molar-refractivity contribution in [2.75, 3.05) is 5.73 Å². The average molecular weight is 365 g/mol. The molecule has 11 heteroatoms. The number of fused-ring (bicyclic) bond motifs is 1. The summed E-state index contributed by atoms with van der Waals surface area (Å²) < 4.78 is 7.65. The van der Waals surface area contributed by atoms with Crippen LogP contribution in [0.2, 0.25) is 0 Å². The highest BCUT2D eigenvalue weighted by molar-refractivity contribution is 5.81. The Morgan fingerprint density at radius 2 is 2.12 bits per heavy atom. The summed E-state index contributed by atoms with van der Waals surface area (Å²) in [6.45, 7) is 0. The van der Waals surface area contributed by atoms with Gasteiger partial charge in [-0.05, 0) is 19.3 Å². The first kappa shape index (κ1) is 18.5. The van der Waals surface area contributed by atoms with Crippen LogP contribution >= 0.6 is 0 Å². The van der Waals surface area contributed by atoms with E-state index in [4.69, 9.17) is 27.0 Å². The van der Waals surface area contributed by atoms with Gasteiger partial charge in [-0.15, -0.1) is 0 Å². The Morgan fingerprint density at radius 3 is 2.85 bits per heavy atom. The molecular formula is C15H23N7O4. The number of aliphatic hydroxyl groups is 1. The van der Waals surface area contributed by atoms with Crippen molar-refractivity contribution >= 4 is 23.0 Å². The molecule has 1 aliphatic heterocycles. The molecule has 1 saturated heterocycles. The maximum Gasteiger partial charge on any atom is 0.320 e. The number of aliphatic carboxylic acids is 1. The topological polar surface area (TPSA) is 188 Å². The molecule has 3 heterocycles. The van der Waals surface area contributed by atoms with E-state index in [0.29, 0.717) is 30.4 Å². The summed E-state index contributed by atoms with van der Waals surface area (Å²) in [5, 5.41) is 19.1. The number of nitrogens with zero attached hydrogens (tertiary/aromatic N) is 4. The Morgan fingerprint density at radius 1 is 1.35 bits per heavy atom. The van der Waals surface area contributed by atoms with E-state index in [1.165, 1.54) is 6.33 Å². The van der Waals surface area contributed by atoms with Gasteiger partial charge in [0, 0.05) is 12.5 Å². The highest BCUT2D eigenvalue weighted by Crippen LogP contribution is 2.33. The summed E-state index contributed by atoms with van der Waals surface area (Å²) >= 11 is 0. The van der Waals surface area contributed by atoms with Crippen molar-refractivity contribution in [3.05, 3.63) is 12.7 Å². The van der Waals surface area contributed by atoms with Crippen molar-refractivity contribution in [3.8, 4) is 0 Å². The summed E-state index contributed by atoms with van der Waals surface area (Å²) in [6, 6.07) is -1.26. The number of imidazole rings is 1. The number of carboxylic acid groups (broad SMARTS) is 1. The fourth-order valence-electron chi connectivity index (χ4n) is 3.11. The number of ether oxygens (including phenoxy) is 1. The van der Waals surface area contributed by atoms with Crippen LogP contribution in [0.5, 0.6) is 0 Å². The van der Waals surface area contributed by atoms with Crippen molar-refractivity contribution in [2.24, 2.45) is 11.5 Å². The van der Waals surface area contributed by atoms with E-state index >= 15 is 0 Å². The Labute approximate surface area is 149 Å². The van der Waals surface area contributed by atoms with Gasteiger partial charge in [0.15, 0.2) is 11.5 Å². The van der Waals surface area contributed by atoms with Crippen molar-refractivity contribution < 1.29 is 19.7 Å². The molecule has 0 aliphatic carbocycles. The van der Waals surface area contributed by atoms with Crippen LogP contribution < -0.4 is 17.2 Å². The van der Waals surface area contributed by atoms with E-state index in [0.717, 1.165) is 0 Å². The second kappa shape index (κ2) is 7.50. The third-order valence-corrected chi connectivity index (χ3v) is 4.60. The monoisotopic (exact) mass is 365 g/mol. The molecule has 1 aliphatic rings. The summed E-state index contributed by atoms with van der Waals surface area (Å²) in [4.78, 5) is 23.0. The van der Waals surface area contributed by atoms with Crippen LogP contribution in [0.3, 0.4) is 0 Å². The predicted molar refractivity (Wildman–Crippen MR) is 91.7 cm³/mol. The van der Waals surface area contributed by atoms with E-state index in [2.05, 4.69) is 15.0 Å². The van der Waals surface area contributed by atoms with Gasteiger partial charge in [0.05, 0.1) is 18.5 Å². The Kier molecular flexibility index (Phi) is 5.32. The normalized spacial score (nSPS) is 25.4. The highest BCUT2D eigenvalue weighted by Gasteiger charge is 2.36. The molecular weight excluding hydrogens is 342 g/mol. The number of anilines is 1. The summed E-state index contributed by atoms with van der Waals surface area (Å²) in [5.41, 5.74) is 18.3. The van der Waals surface area contributed by atoms with E-state index in [1.54, 1.807) is 10.9 Å². The number of hydrogen-bond acceptors (Lipinski definition) is 9. The number of carbonyl (C=O) groups is 1. The first-order chi connectivity index (χ1) is 12.4. The standard InChI is InChI=1S/C15H23N7O4/c16-7(1-2-8(17)15(24)25)3-10-9(23)4-11(26-10)22-6-21-12-13(18)19-5-20-14(12)22/h5-11,23H,1-4,16-17H2,(H,24,25)(H2,18,19,20)/t7-,8-,9-,10+,11+/m0/s1. The van der Waals surface area contributed by atoms with Gasteiger partial charge in [-0.25, -0.2) is 15.0 Å². The lowest BCUT2D eigenvalue weighted by atomic mass is 9.99. The van der Waals surface area contributed by atoms with E-state index in [-0.39, 0.29) is 18.3 Å². The van der Waals surface area contributed by atoms with Crippen LogP contribution in [0.25, 0.3) is 11.2 Å². The minimum atomic E-state index is -1.05. The first-order valence-corrected chi connectivity index (χ1v) is 8.37. The lowest BCUT2D eigenvalue weighted by molar-refractivity contribution is -0.138. The molecule has 8 N–H and O–H groups in total. The highest BCUT2D eigenvalue weighted by atomic mass is 16.5. The third-order valence-electron chi connectivity index (χ3n) is 4.60. The number of aliphatic hydroxyl groups excluding tert-OH is 1. The van der Waals surface area contributed by atoms with Gasteiger partial charge in [0.2, 0.25) is 0 Å². The fourth-order valence-corrected chi connectivity index (χ4v) is 3.11. The molecule has 26 heavy (non-hydrogen) atoms. The Balaban J connectivity index is 1.62. The molecule has 0 amide bonds. The average Bonchev–Trinajstić information content (AvgIpc) is 3.17. The molecule has 0 bridgehead atoms. The predicted octanol–water partition coefficient (Wildman–Crippen LogP) is -1.03. The number of rotatable bonds is 7. The fraction of sp³-hybridized carbons (Fsp3) is 0.600. The van der Waals surface area contributed by atoms with Crippen LogP contribution in [-0.4, -0.2) is 60.0 Å². The van der Waals surface area contributed by atoms with E-state index < -0.39 is 30.4 Å². The minimum absolute atomic E-state index is 0.269. The Hall–Kier alpha value is -2.34. The zero-order valence-electron chi connectivity index (χ0n) is 14.1. The van der Waals surface area contributed by atoms with Crippen LogP contribution in [-0.2, 0) is 9.53 Å². The van der Waals surface area contributed by atoms with Crippen molar-refractivity contribution in [2.45, 2.75) is 56.2 Å². The van der Waals surface area contributed by atoms with E-state index in [1.807, 2.05) is 0 Å². The maximum absolute atomic E-state index is 10.8. The maximum atomic E-state index is 10.8. The quantitative estimate of drug-likeness (QED) is 0.405. The molecule has 0 saturated carbocycles. The molecule has 1 fully saturated rings. The second-order valence-corrected chi connectivity index (χ2v) is 6.53. The zero-order valence-corrected chi connectivity index (χ0v) is 14.1. The lowest BCUT2D eigenvalue weighted by Gasteiger charge is -2.20. The van der Waals surface area contributed by atoms with Crippen LogP contribution in [0.1, 0.15) is 31.9 Å². The number of nitrogens with two attached hydrogens (primary N) is 3. The SMILES string of the molecule is Nc1ncnc2c1ncn2[C@H]1C[C@H](O)[C@@H](C[C@@H](N)CC[C@H](N)C(=O)O)O1. The van der Waals surface area contributed by atoms with Crippen LogP contribution in [0.15, 0.2) is 12.7 Å². The van der Waals surface area contributed by atoms with Gasteiger partial charge in [-0.3, -0.25) is 9.36 Å². The largest absolute Gasteiger partial charge is 0.480 e. The zero-order chi connectivity index (χ0) is 18.8. The van der Waals surface area contributed by atoms with Crippen LogP contribution in [0, 0.1) is 0 Å². The van der Waals surface area contributed by atoms with Gasteiger partial charge in [0.25, 0.3) is 0 Å². The third kappa shape index (κ3) is 3.75. The number of nitrogen functional groups attached to an aromatic ring is 1. The molecule has 5 atom stereocenters. The van der Waals surface area contributed by atoms with Crippen molar-refractivity contribution in [1.29, 1.82) is 0 Å². The molecule has 2 aromatic heterocycles. The van der Waals surface area contributed by atoms with Crippen LogP contribution in [0.4, 0.5) is 5.82 Å². The number of hydrogen-bond donors (Lipinski definition) is 5. The first-order valence-electron chi connectivity index (χ1n) is 8.37. The van der Waals surface area contributed by atoms with Gasteiger partial charge in [-0.1, -0.05) is 0 Å². The number of aromatic nitrogens is 4. The number of carboxylic acids is 1. The second-order valence-electron chi connectivity index (χ2n) is 6.53. The van der Waals surface area contributed by atoms with Gasteiger partial charge >= 0.3 is 5.97 Å². The summed E-state index contributed by atoms with van der Waals surface area (Å²) in [7, 11) is 0. The smallest absolute Gasteiger partial charge is 0.320 e. The molecule has 0 radical (unpaired) electrons. The van der Waals surface area contributed by atoms with Gasteiger partial charge in [-0.2, -0.15) is 0 Å². The van der Waals surface area contributed by atoms with Crippen molar-refractivity contribution in [1.82, 2.24) is 19.5 Å². The molecule has 0 unspecified atom stereocenters. The summed E-state index contributed by atoms with van der Waals surface area (Å²) in [6.07, 6.45) is 2.76. The Bertz CT molecular complexity index is 782. The van der Waals surface area contributed by atoms with Gasteiger partial charge < -0.3 is 32.2 Å². The lowest BCUT2D eigenvalue weighted by Crippen LogP contribution is -2.35. The van der Waals surface area contributed by atoms with E-state index in [9.17, 15) is 9.90 Å². The molecule has 0 spiro atoms. The summed E-state index contributed by atoms with van der Waals surface area (Å²) in [5.74, 6) is -0.775. The molecule has 2 aromatic rings.